The Morgan fingerprint density at radius 3 is 2.70 bits per heavy atom. The number of phenols is 1. The molecule has 6 nitrogen and oxygen atoms in total. The highest BCUT2D eigenvalue weighted by Crippen LogP contribution is 2.18. The highest BCUT2D eigenvalue weighted by molar-refractivity contribution is 5.86. The summed E-state index contributed by atoms with van der Waals surface area (Å²) in [7, 11) is 0. The molecule has 1 aromatic rings. The lowest BCUT2D eigenvalue weighted by atomic mass is 10.2. The van der Waals surface area contributed by atoms with Crippen molar-refractivity contribution < 1.29 is 29.3 Å². The Morgan fingerprint density at radius 1 is 1.40 bits per heavy atom. The van der Waals surface area contributed by atoms with Gasteiger partial charge in [-0.05, 0) is 19.1 Å². The van der Waals surface area contributed by atoms with E-state index in [-0.39, 0.29) is 30.1 Å². The lowest BCUT2D eigenvalue weighted by molar-refractivity contribution is -0.147. The van der Waals surface area contributed by atoms with E-state index in [1.54, 1.807) is 0 Å². The van der Waals surface area contributed by atoms with Crippen LogP contribution in [-0.2, 0) is 14.3 Å². The van der Waals surface area contributed by atoms with Crippen LogP contribution in [0, 0.1) is 0 Å². The molecule has 0 bridgehead atoms. The molecule has 0 heterocycles. The Bertz CT molecular complexity index is 508. The van der Waals surface area contributed by atoms with Gasteiger partial charge in [0.2, 0.25) is 0 Å². The predicted octanol–water partition coefficient (Wildman–Crippen LogP) is 1.17. The molecular weight excluding hydrogens is 264 g/mol. The molecular formula is C14H16O6. The van der Waals surface area contributed by atoms with Crippen LogP contribution in [0.1, 0.15) is 13.3 Å². The van der Waals surface area contributed by atoms with Crippen LogP contribution >= 0.6 is 0 Å². The SMILES string of the molecule is C=C(C)C(=O)OCCC(O)C(=O)Oc1cccc(O)c1. The van der Waals surface area contributed by atoms with E-state index in [1.165, 1.54) is 31.2 Å². The van der Waals surface area contributed by atoms with Crippen LogP contribution < -0.4 is 4.74 Å². The Kier molecular flexibility index (Phi) is 5.74. The summed E-state index contributed by atoms with van der Waals surface area (Å²) in [6, 6.07) is 5.63. The summed E-state index contributed by atoms with van der Waals surface area (Å²) in [5, 5.41) is 18.7. The topological polar surface area (TPSA) is 93.1 Å². The quantitative estimate of drug-likeness (QED) is 0.461. The third kappa shape index (κ3) is 5.11. The Labute approximate surface area is 116 Å². The zero-order valence-corrected chi connectivity index (χ0v) is 11.0. The van der Waals surface area contributed by atoms with Gasteiger partial charge in [-0.3, -0.25) is 0 Å². The molecule has 108 valence electrons. The molecule has 1 atom stereocenters. The molecule has 0 radical (unpaired) electrons. The van der Waals surface area contributed by atoms with E-state index in [0.717, 1.165) is 0 Å². The van der Waals surface area contributed by atoms with Gasteiger partial charge < -0.3 is 19.7 Å². The lowest BCUT2D eigenvalue weighted by Crippen LogP contribution is -2.27. The fourth-order valence-electron chi connectivity index (χ4n) is 1.24. The first-order valence-corrected chi connectivity index (χ1v) is 5.91. The van der Waals surface area contributed by atoms with Gasteiger partial charge in [-0.15, -0.1) is 0 Å². The lowest BCUT2D eigenvalue weighted by Gasteiger charge is -2.11. The fourth-order valence-corrected chi connectivity index (χ4v) is 1.24. The monoisotopic (exact) mass is 280 g/mol. The summed E-state index contributed by atoms with van der Waals surface area (Å²) in [5.74, 6) is -1.41. The molecule has 6 heteroatoms. The van der Waals surface area contributed by atoms with Crippen molar-refractivity contribution in [2.24, 2.45) is 0 Å². The number of aliphatic hydroxyl groups is 1. The third-order valence-corrected chi connectivity index (χ3v) is 2.28. The smallest absolute Gasteiger partial charge is 0.340 e. The van der Waals surface area contributed by atoms with Crippen molar-refractivity contribution in [3.8, 4) is 11.5 Å². The molecule has 0 aromatic heterocycles. The average Bonchev–Trinajstić information content (AvgIpc) is 2.38. The molecule has 1 aromatic carbocycles. The molecule has 2 N–H and O–H groups in total. The standard InChI is InChI=1S/C14H16O6/c1-9(2)13(17)19-7-6-12(16)14(18)20-11-5-3-4-10(15)8-11/h3-5,8,12,15-16H,1,6-7H2,2H3. The molecule has 0 aliphatic rings. The van der Waals surface area contributed by atoms with Crippen molar-refractivity contribution in [1.82, 2.24) is 0 Å². The number of carbonyl (C=O) groups excluding carboxylic acids is 2. The predicted molar refractivity (Wildman–Crippen MR) is 70.1 cm³/mol. The minimum absolute atomic E-state index is 0.0554. The summed E-state index contributed by atoms with van der Waals surface area (Å²) in [5.41, 5.74) is 0.238. The van der Waals surface area contributed by atoms with E-state index in [1.807, 2.05) is 0 Å². The Morgan fingerprint density at radius 2 is 2.10 bits per heavy atom. The number of rotatable bonds is 6. The number of phenolic OH excluding ortho intramolecular Hbond substituents is 1. The van der Waals surface area contributed by atoms with Crippen LogP contribution in [0.5, 0.6) is 11.5 Å². The summed E-state index contributed by atoms with van der Waals surface area (Å²) >= 11 is 0. The van der Waals surface area contributed by atoms with Gasteiger partial charge in [0.25, 0.3) is 0 Å². The number of ether oxygens (including phenoxy) is 2. The van der Waals surface area contributed by atoms with Crippen LogP contribution in [0.25, 0.3) is 0 Å². The minimum atomic E-state index is -1.42. The normalized spacial score (nSPS) is 11.5. The molecule has 0 aliphatic heterocycles. The number of hydrogen-bond donors (Lipinski definition) is 2. The van der Waals surface area contributed by atoms with Crippen LogP contribution in [-0.4, -0.2) is 34.9 Å². The largest absolute Gasteiger partial charge is 0.508 e. The van der Waals surface area contributed by atoms with Gasteiger partial charge in [0.1, 0.15) is 11.5 Å². The summed E-state index contributed by atoms with van der Waals surface area (Å²) in [4.78, 5) is 22.6. The molecule has 0 saturated carbocycles. The average molecular weight is 280 g/mol. The highest BCUT2D eigenvalue weighted by Gasteiger charge is 2.18. The molecule has 0 saturated heterocycles. The van der Waals surface area contributed by atoms with E-state index in [2.05, 4.69) is 6.58 Å². The number of esters is 2. The number of aliphatic hydroxyl groups excluding tert-OH is 1. The zero-order valence-electron chi connectivity index (χ0n) is 11.0. The first kappa shape index (κ1) is 15.7. The van der Waals surface area contributed by atoms with Gasteiger partial charge in [-0.2, -0.15) is 0 Å². The maximum absolute atomic E-state index is 11.5. The maximum atomic E-state index is 11.5. The first-order valence-electron chi connectivity index (χ1n) is 5.91. The van der Waals surface area contributed by atoms with Crippen LogP contribution in [0.2, 0.25) is 0 Å². The van der Waals surface area contributed by atoms with Crippen molar-refractivity contribution in [3.63, 3.8) is 0 Å². The van der Waals surface area contributed by atoms with Gasteiger partial charge in [0.15, 0.2) is 6.10 Å². The second kappa shape index (κ2) is 7.30. The number of aromatic hydroxyl groups is 1. The molecule has 1 rings (SSSR count). The van der Waals surface area contributed by atoms with Gasteiger partial charge in [0.05, 0.1) is 6.61 Å². The zero-order chi connectivity index (χ0) is 15.1. The van der Waals surface area contributed by atoms with Crippen molar-refractivity contribution in [1.29, 1.82) is 0 Å². The number of carbonyl (C=O) groups is 2. The molecule has 1 unspecified atom stereocenters. The minimum Gasteiger partial charge on any atom is -0.508 e. The molecule has 0 aliphatic carbocycles. The van der Waals surface area contributed by atoms with Gasteiger partial charge >= 0.3 is 11.9 Å². The van der Waals surface area contributed by atoms with Gasteiger partial charge in [0, 0.05) is 18.1 Å². The maximum Gasteiger partial charge on any atom is 0.340 e. The highest BCUT2D eigenvalue weighted by atomic mass is 16.6. The second-order valence-electron chi connectivity index (χ2n) is 4.14. The second-order valence-corrected chi connectivity index (χ2v) is 4.14. The van der Waals surface area contributed by atoms with Crippen LogP contribution in [0.4, 0.5) is 0 Å². The number of benzene rings is 1. The van der Waals surface area contributed by atoms with E-state index in [4.69, 9.17) is 9.47 Å². The van der Waals surface area contributed by atoms with E-state index < -0.39 is 18.0 Å². The third-order valence-electron chi connectivity index (χ3n) is 2.28. The summed E-state index contributed by atoms with van der Waals surface area (Å²) in [6.07, 6.45) is -1.51. The molecule has 20 heavy (non-hydrogen) atoms. The van der Waals surface area contributed by atoms with Crippen LogP contribution in [0.3, 0.4) is 0 Å². The van der Waals surface area contributed by atoms with Crippen molar-refractivity contribution in [3.05, 3.63) is 36.4 Å². The Balaban J connectivity index is 2.40. The van der Waals surface area contributed by atoms with Gasteiger partial charge in [-0.1, -0.05) is 12.6 Å². The Hall–Kier alpha value is -2.34. The fraction of sp³-hybridized carbons (Fsp3) is 0.286. The van der Waals surface area contributed by atoms with Gasteiger partial charge in [-0.25, -0.2) is 9.59 Å². The molecule has 0 amide bonds. The molecule has 0 fully saturated rings. The number of hydrogen-bond acceptors (Lipinski definition) is 6. The van der Waals surface area contributed by atoms with Crippen molar-refractivity contribution in [2.75, 3.05) is 6.61 Å². The van der Waals surface area contributed by atoms with E-state index in [9.17, 15) is 19.8 Å². The van der Waals surface area contributed by atoms with Crippen molar-refractivity contribution >= 4 is 11.9 Å². The van der Waals surface area contributed by atoms with E-state index in [0.29, 0.717) is 0 Å². The summed E-state index contributed by atoms with van der Waals surface area (Å²) < 4.78 is 9.60. The van der Waals surface area contributed by atoms with Crippen LogP contribution in [0.15, 0.2) is 36.4 Å². The molecule has 0 spiro atoms. The first-order chi connectivity index (χ1) is 9.40. The van der Waals surface area contributed by atoms with Crippen molar-refractivity contribution in [2.45, 2.75) is 19.4 Å². The summed E-state index contributed by atoms with van der Waals surface area (Å²) in [6.45, 7) is 4.77. The van der Waals surface area contributed by atoms with E-state index >= 15 is 0 Å².